The molecule has 1 fully saturated rings. The second kappa shape index (κ2) is 4.44. The molecule has 0 bridgehead atoms. The lowest BCUT2D eigenvalue weighted by Gasteiger charge is -1.96. The number of para-hydroxylation sites is 1. The van der Waals surface area contributed by atoms with Gasteiger partial charge in [-0.05, 0) is 25.0 Å². The van der Waals surface area contributed by atoms with Crippen molar-refractivity contribution >= 4 is 22.7 Å². The minimum atomic E-state index is -0.484. The molecule has 4 rings (SSSR count). The third kappa shape index (κ3) is 2.18. The number of nitrogens with zero attached hydrogens (tertiary/aromatic N) is 1. The van der Waals surface area contributed by atoms with Crippen LogP contribution in [0.3, 0.4) is 0 Å². The van der Waals surface area contributed by atoms with Crippen LogP contribution in [0.15, 0.2) is 34.7 Å². The van der Waals surface area contributed by atoms with Gasteiger partial charge in [-0.25, -0.2) is 4.39 Å². The second-order valence-electron chi connectivity index (χ2n) is 5.21. The summed E-state index contributed by atoms with van der Waals surface area (Å²) >= 11 is 0. The van der Waals surface area contributed by atoms with Gasteiger partial charge in [0.15, 0.2) is 23.0 Å². The summed E-state index contributed by atoms with van der Waals surface area (Å²) in [6.07, 6.45) is 2.30. The summed E-state index contributed by atoms with van der Waals surface area (Å²) in [6.45, 7) is 0. The van der Waals surface area contributed by atoms with E-state index >= 15 is 0 Å². The van der Waals surface area contributed by atoms with Crippen molar-refractivity contribution in [3.63, 3.8) is 0 Å². The molecule has 0 aliphatic heterocycles. The number of carbonyl (C=O) groups is 1. The number of aromatic nitrogens is 2. The molecule has 0 radical (unpaired) electrons. The zero-order valence-electron chi connectivity index (χ0n) is 11.0. The molecule has 1 aliphatic rings. The summed E-state index contributed by atoms with van der Waals surface area (Å²) < 4.78 is 18.8. The summed E-state index contributed by atoms with van der Waals surface area (Å²) in [5, 5.41) is 10.1. The van der Waals surface area contributed by atoms with E-state index in [1.54, 1.807) is 12.1 Å². The maximum Gasteiger partial charge on any atom is 0.292 e. The number of benzene rings is 1. The number of furan rings is 1. The molecule has 6 heteroatoms. The molecule has 5 nitrogen and oxygen atoms in total. The van der Waals surface area contributed by atoms with Crippen molar-refractivity contribution in [1.29, 1.82) is 0 Å². The SMILES string of the molecule is O=C(Nc1cc(C2CC2)[nH]n1)c1cc2cccc(F)c2o1. The normalized spacial score (nSPS) is 14.5. The van der Waals surface area contributed by atoms with Gasteiger partial charge in [0.25, 0.3) is 5.91 Å². The molecular weight excluding hydrogens is 273 g/mol. The first-order valence-electron chi connectivity index (χ1n) is 6.75. The lowest BCUT2D eigenvalue weighted by Crippen LogP contribution is -2.11. The fourth-order valence-corrected chi connectivity index (χ4v) is 2.32. The molecule has 21 heavy (non-hydrogen) atoms. The zero-order valence-corrected chi connectivity index (χ0v) is 11.0. The topological polar surface area (TPSA) is 70.9 Å². The van der Waals surface area contributed by atoms with Gasteiger partial charge in [0.05, 0.1) is 0 Å². The van der Waals surface area contributed by atoms with Crippen molar-refractivity contribution in [2.24, 2.45) is 0 Å². The number of aromatic amines is 1. The smallest absolute Gasteiger partial charge is 0.292 e. The Kier molecular flexibility index (Phi) is 2.57. The number of rotatable bonds is 3. The molecule has 2 aromatic heterocycles. The quantitative estimate of drug-likeness (QED) is 0.774. The lowest BCUT2D eigenvalue weighted by molar-refractivity contribution is 0.0998. The molecule has 2 heterocycles. The van der Waals surface area contributed by atoms with Crippen LogP contribution in [-0.2, 0) is 0 Å². The first-order valence-corrected chi connectivity index (χ1v) is 6.75. The van der Waals surface area contributed by atoms with Crippen LogP contribution in [0.1, 0.15) is 35.0 Å². The van der Waals surface area contributed by atoms with Gasteiger partial charge in [-0.1, -0.05) is 12.1 Å². The Morgan fingerprint density at radius 1 is 1.38 bits per heavy atom. The van der Waals surface area contributed by atoms with Gasteiger partial charge in [-0.2, -0.15) is 5.10 Å². The average Bonchev–Trinajstić information content (AvgIpc) is 3.05. The van der Waals surface area contributed by atoms with E-state index in [0.29, 0.717) is 17.1 Å². The summed E-state index contributed by atoms with van der Waals surface area (Å²) in [7, 11) is 0. The Morgan fingerprint density at radius 3 is 3.00 bits per heavy atom. The number of nitrogens with one attached hydrogen (secondary N) is 2. The van der Waals surface area contributed by atoms with E-state index in [9.17, 15) is 9.18 Å². The first kappa shape index (κ1) is 12.1. The Morgan fingerprint density at radius 2 is 2.24 bits per heavy atom. The fourth-order valence-electron chi connectivity index (χ4n) is 2.32. The molecule has 1 amide bonds. The van der Waals surface area contributed by atoms with Crippen LogP contribution in [0.5, 0.6) is 0 Å². The maximum atomic E-state index is 13.5. The van der Waals surface area contributed by atoms with Crippen molar-refractivity contribution in [2.75, 3.05) is 5.32 Å². The van der Waals surface area contributed by atoms with Crippen LogP contribution >= 0.6 is 0 Å². The summed E-state index contributed by atoms with van der Waals surface area (Å²) in [5.74, 6) is 0.110. The molecule has 1 saturated carbocycles. The van der Waals surface area contributed by atoms with E-state index < -0.39 is 11.7 Å². The Hall–Kier alpha value is -2.63. The third-order valence-electron chi connectivity index (χ3n) is 3.58. The van der Waals surface area contributed by atoms with Crippen molar-refractivity contribution < 1.29 is 13.6 Å². The van der Waals surface area contributed by atoms with Gasteiger partial charge in [0.1, 0.15) is 0 Å². The maximum absolute atomic E-state index is 13.5. The second-order valence-corrected chi connectivity index (χ2v) is 5.21. The van der Waals surface area contributed by atoms with Crippen LogP contribution in [0.25, 0.3) is 11.0 Å². The number of amides is 1. The molecule has 0 unspecified atom stereocenters. The summed E-state index contributed by atoms with van der Waals surface area (Å²) in [4.78, 5) is 12.1. The predicted molar refractivity (Wildman–Crippen MR) is 74.7 cm³/mol. The monoisotopic (exact) mass is 285 g/mol. The van der Waals surface area contributed by atoms with Gasteiger partial charge in [0.2, 0.25) is 0 Å². The molecule has 2 N–H and O–H groups in total. The van der Waals surface area contributed by atoms with Gasteiger partial charge in [-0.3, -0.25) is 9.89 Å². The van der Waals surface area contributed by atoms with Crippen LogP contribution in [-0.4, -0.2) is 16.1 Å². The minimum absolute atomic E-state index is 0.0612. The Labute approximate surface area is 119 Å². The highest BCUT2D eigenvalue weighted by atomic mass is 19.1. The number of hydrogen-bond donors (Lipinski definition) is 2. The zero-order chi connectivity index (χ0) is 14.4. The highest BCUT2D eigenvalue weighted by Crippen LogP contribution is 2.39. The Bertz CT molecular complexity index is 832. The minimum Gasteiger partial charge on any atom is -0.448 e. The summed E-state index contributed by atoms with van der Waals surface area (Å²) in [5.41, 5.74) is 1.12. The van der Waals surface area contributed by atoms with Crippen LogP contribution in [0.4, 0.5) is 10.2 Å². The molecule has 0 atom stereocenters. The fraction of sp³-hybridized carbons (Fsp3) is 0.200. The number of anilines is 1. The van der Waals surface area contributed by atoms with E-state index in [1.807, 2.05) is 6.07 Å². The largest absolute Gasteiger partial charge is 0.448 e. The average molecular weight is 285 g/mol. The van der Waals surface area contributed by atoms with Crippen LogP contribution in [0, 0.1) is 5.82 Å². The number of fused-ring (bicyclic) bond motifs is 1. The predicted octanol–water partition coefficient (Wildman–Crippen LogP) is 3.42. The highest BCUT2D eigenvalue weighted by Gasteiger charge is 2.26. The molecule has 1 aromatic carbocycles. The van der Waals surface area contributed by atoms with Crippen molar-refractivity contribution in [1.82, 2.24) is 10.2 Å². The lowest BCUT2D eigenvalue weighted by atomic mass is 10.2. The van der Waals surface area contributed by atoms with Crippen molar-refractivity contribution in [3.8, 4) is 0 Å². The van der Waals surface area contributed by atoms with Crippen molar-refractivity contribution in [2.45, 2.75) is 18.8 Å². The van der Waals surface area contributed by atoms with Crippen molar-refractivity contribution in [3.05, 3.63) is 47.6 Å². The van der Waals surface area contributed by atoms with E-state index in [-0.39, 0.29) is 11.3 Å². The highest BCUT2D eigenvalue weighted by molar-refractivity contribution is 6.04. The molecule has 0 saturated heterocycles. The molecule has 106 valence electrons. The van der Waals surface area contributed by atoms with E-state index in [1.165, 1.54) is 12.1 Å². The van der Waals surface area contributed by atoms with Gasteiger partial charge >= 0.3 is 0 Å². The van der Waals surface area contributed by atoms with E-state index in [0.717, 1.165) is 18.5 Å². The van der Waals surface area contributed by atoms with Gasteiger partial charge < -0.3 is 9.73 Å². The number of H-pyrrole nitrogens is 1. The number of hydrogen-bond acceptors (Lipinski definition) is 3. The van der Waals surface area contributed by atoms with E-state index in [2.05, 4.69) is 15.5 Å². The molecule has 0 spiro atoms. The molecule has 3 aromatic rings. The standard InChI is InChI=1S/C15H12FN3O2/c16-10-3-1-2-9-6-12(21-14(9)10)15(20)17-13-7-11(18-19-13)8-4-5-8/h1-3,6-8H,4-5H2,(H2,17,18,19,20). The molecule has 1 aliphatic carbocycles. The molecular formula is C15H12FN3O2. The summed E-state index contributed by atoms with van der Waals surface area (Å²) in [6, 6.07) is 7.90. The van der Waals surface area contributed by atoms with E-state index in [4.69, 9.17) is 4.42 Å². The number of carbonyl (C=O) groups excluding carboxylic acids is 1. The van der Waals surface area contributed by atoms with Gasteiger partial charge in [-0.15, -0.1) is 0 Å². The third-order valence-corrected chi connectivity index (χ3v) is 3.58. The van der Waals surface area contributed by atoms with Gasteiger partial charge in [0, 0.05) is 23.1 Å². The van der Waals surface area contributed by atoms with Crippen LogP contribution < -0.4 is 5.32 Å². The van der Waals surface area contributed by atoms with Crippen LogP contribution in [0.2, 0.25) is 0 Å². The number of halogens is 1. The first-order chi connectivity index (χ1) is 10.2. The Balaban J connectivity index is 1.58.